The second-order valence-corrected chi connectivity index (χ2v) is 6.32. The fraction of sp³-hybridized carbons (Fsp3) is 0.500. The molecule has 1 aliphatic rings. The maximum atomic E-state index is 12.8. The number of carbonyl (C=O) groups excluding carboxylic acids is 1. The summed E-state index contributed by atoms with van der Waals surface area (Å²) in [5, 5.41) is 18.3. The van der Waals surface area contributed by atoms with Crippen molar-refractivity contribution < 1.29 is 14.6 Å². The Morgan fingerprint density at radius 1 is 1.46 bits per heavy atom. The van der Waals surface area contributed by atoms with Crippen LogP contribution >= 0.6 is 0 Å². The first-order valence-electron chi connectivity index (χ1n) is 7.94. The van der Waals surface area contributed by atoms with Crippen LogP contribution in [0.3, 0.4) is 0 Å². The number of ether oxygens (including phenoxy) is 1. The molecule has 1 amide bonds. The number of hydrogen-bond donors (Lipinski definition) is 1. The average Bonchev–Trinajstić information content (AvgIpc) is 3.17. The zero-order chi connectivity index (χ0) is 17.2. The molecule has 1 saturated heterocycles. The van der Waals surface area contributed by atoms with E-state index in [9.17, 15) is 9.90 Å². The van der Waals surface area contributed by atoms with E-state index in [1.807, 2.05) is 13.8 Å². The molecule has 24 heavy (non-hydrogen) atoms. The van der Waals surface area contributed by atoms with Crippen molar-refractivity contribution >= 4 is 5.91 Å². The van der Waals surface area contributed by atoms with Gasteiger partial charge in [0.2, 0.25) is 0 Å². The SMILES string of the molecule is CC(C)Oc1cccnc1C(=O)N1CCC(O)(Cn2ccnn2)C1. The fourth-order valence-electron chi connectivity index (χ4n) is 2.83. The summed E-state index contributed by atoms with van der Waals surface area (Å²) in [5.74, 6) is 0.227. The third-order valence-corrected chi connectivity index (χ3v) is 3.88. The van der Waals surface area contributed by atoms with Crippen molar-refractivity contribution in [1.29, 1.82) is 0 Å². The lowest BCUT2D eigenvalue weighted by Gasteiger charge is -2.23. The molecular weight excluding hydrogens is 310 g/mol. The zero-order valence-corrected chi connectivity index (χ0v) is 13.8. The number of nitrogens with zero attached hydrogens (tertiary/aromatic N) is 5. The number of carbonyl (C=O) groups is 1. The number of likely N-dealkylation sites (tertiary alicyclic amines) is 1. The molecule has 8 nitrogen and oxygen atoms in total. The van der Waals surface area contributed by atoms with Gasteiger partial charge in [0.15, 0.2) is 11.4 Å². The Kier molecular flexibility index (Phi) is 4.48. The Bertz CT molecular complexity index is 703. The molecule has 0 saturated carbocycles. The van der Waals surface area contributed by atoms with Crippen LogP contribution in [0.5, 0.6) is 5.75 Å². The number of amides is 1. The first-order valence-corrected chi connectivity index (χ1v) is 7.94. The Balaban J connectivity index is 1.73. The van der Waals surface area contributed by atoms with E-state index in [0.29, 0.717) is 25.3 Å². The predicted molar refractivity (Wildman–Crippen MR) is 85.5 cm³/mol. The summed E-state index contributed by atoms with van der Waals surface area (Å²) >= 11 is 0. The van der Waals surface area contributed by atoms with E-state index in [-0.39, 0.29) is 24.2 Å². The molecule has 1 atom stereocenters. The smallest absolute Gasteiger partial charge is 0.276 e. The molecule has 0 bridgehead atoms. The summed E-state index contributed by atoms with van der Waals surface area (Å²) in [6.45, 7) is 4.78. The lowest BCUT2D eigenvalue weighted by Crippen LogP contribution is -2.39. The van der Waals surface area contributed by atoms with Crippen LogP contribution in [-0.2, 0) is 6.54 Å². The second kappa shape index (κ2) is 6.56. The Hall–Kier alpha value is -2.48. The number of β-amino-alcohol motifs (C(OH)–C–C–N with tert-alkyl or cyclic N) is 1. The van der Waals surface area contributed by atoms with Gasteiger partial charge in [-0.05, 0) is 32.4 Å². The second-order valence-electron chi connectivity index (χ2n) is 6.32. The van der Waals surface area contributed by atoms with Gasteiger partial charge in [0.1, 0.15) is 5.60 Å². The van der Waals surface area contributed by atoms with Crippen molar-refractivity contribution in [3.05, 3.63) is 36.4 Å². The highest BCUT2D eigenvalue weighted by Gasteiger charge is 2.40. The van der Waals surface area contributed by atoms with Crippen LogP contribution < -0.4 is 4.74 Å². The summed E-state index contributed by atoms with van der Waals surface area (Å²) in [6.07, 6.45) is 5.24. The minimum atomic E-state index is -1.02. The molecule has 0 spiro atoms. The van der Waals surface area contributed by atoms with Crippen molar-refractivity contribution in [2.24, 2.45) is 0 Å². The Morgan fingerprint density at radius 2 is 2.29 bits per heavy atom. The topological polar surface area (TPSA) is 93.4 Å². The highest BCUT2D eigenvalue weighted by molar-refractivity contribution is 5.95. The van der Waals surface area contributed by atoms with Gasteiger partial charge in [0.25, 0.3) is 5.91 Å². The lowest BCUT2D eigenvalue weighted by molar-refractivity contribution is 0.0264. The molecular formula is C16H21N5O3. The van der Waals surface area contributed by atoms with E-state index < -0.39 is 5.60 Å². The number of aromatic nitrogens is 4. The maximum absolute atomic E-state index is 12.8. The van der Waals surface area contributed by atoms with Crippen molar-refractivity contribution in [1.82, 2.24) is 24.9 Å². The molecule has 1 unspecified atom stereocenters. The van der Waals surface area contributed by atoms with Crippen LogP contribution in [0.2, 0.25) is 0 Å². The van der Waals surface area contributed by atoms with Crippen LogP contribution in [0, 0.1) is 0 Å². The van der Waals surface area contributed by atoms with Gasteiger partial charge in [-0.3, -0.25) is 4.79 Å². The Morgan fingerprint density at radius 3 is 3.00 bits per heavy atom. The summed E-state index contributed by atoms with van der Waals surface area (Å²) in [7, 11) is 0. The van der Waals surface area contributed by atoms with Crippen molar-refractivity contribution in [3.8, 4) is 5.75 Å². The molecule has 2 aromatic rings. The van der Waals surface area contributed by atoms with E-state index >= 15 is 0 Å². The molecule has 1 fully saturated rings. The first-order chi connectivity index (χ1) is 11.5. The predicted octanol–water partition coefficient (Wildman–Crippen LogP) is 0.737. The summed E-state index contributed by atoms with van der Waals surface area (Å²) in [6, 6.07) is 3.47. The number of rotatable bonds is 5. The van der Waals surface area contributed by atoms with Crippen LogP contribution in [0.15, 0.2) is 30.7 Å². The number of aliphatic hydroxyl groups is 1. The molecule has 8 heteroatoms. The van der Waals surface area contributed by atoms with E-state index in [0.717, 1.165) is 0 Å². The molecule has 2 aromatic heterocycles. The first kappa shape index (κ1) is 16.4. The standard InChI is InChI=1S/C16H21N5O3/c1-12(2)24-13-4-3-6-17-14(13)15(22)20-8-5-16(23,10-20)11-21-9-7-18-19-21/h3-4,6-7,9,12,23H,5,8,10-11H2,1-2H3. The lowest BCUT2D eigenvalue weighted by atomic mass is 10.0. The minimum Gasteiger partial charge on any atom is -0.489 e. The van der Waals surface area contributed by atoms with Crippen molar-refractivity contribution in [3.63, 3.8) is 0 Å². The quantitative estimate of drug-likeness (QED) is 0.868. The molecule has 0 aromatic carbocycles. The molecule has 3 rings (SSSR count). The van der Waals surface area contributed by atoms with Gasteiger partial charge >= 0.3 is 0 Å². The summed E-state index contributed by atoms with van der Waals surface area (Å²) in [5.41, 5.74) is -0.742. The van der Waals surface area contributed by atoms with Gasteiger partial charge in [-0.1, -0.05) is 5.21 Å². The van der Waals surface area contributed by atoms with Crippen molar-refractivity contribution in [2.45, 2.75) is 38.5 Å². The van der Waals surface area contributed by atoms with E-state index in [4.69, 9.17) is 4.74 Å². The third kappa shape index (κ3) is 3.53. The van der Waals surface area contributed by atoms with E-state index in [2.05, 4.69) is 15.3 Å². The van der Waals surface area contributed by atoms with Gasteiger partial charge in [-0.15, -0.1) is 5.10 Å². The van der Waals surface area contributed by atoms with Crippen LogP contribution in [0.25, 0.3) is 0 Å². The largest absolute Gasteiger partial charge is 0.489 e. The average molecular weight is 331 g/mol. The van der Waals surface area contributed by atoms with Gasteiger partial charge in [-0.2, -0.15) is 0 Å². The summed E-state index contributed by atoms with van der Waals surface area (Å²) in [4.78, 5) is 18.6. The monoisotopic (exact) mass is 331 g/mol. The van der Waals surface area contributed by atoms with Gasteiger partial charge in [0, 0.05) is 18.9 Å². The van der Waals surface area contributed by atoms with Gasteiger partial charge in [0.05, 0.1) is 25.4 Å². The minimum absolute atomic E-state index is 0.0522. The third-order valence-electron chi connectivity index (χ3n) is 3.88. The van der Waals surface area contributed by atoms with Crippen molar-refractivity contribution in [2.75, 3.05) is 13.1 Å². The van der Waals surface area contributed by atoms with Crippen LogP contribution in [-0.4, -0.2) is 60.7 Å². The van der Waals surface area contributed by atoms with E-state index in [1.165, 1.54) is 0 Å². The molecule has 1 N–H and O–H groups in total. The highest BCUT2D eigenvalue weighted by atomic mass is 16.5. The van der Waals surface area contributed by atoms with Crippen LogP contribution in [0.4, 0.5) is 0 Å². The summed E-state index contributed by atoms with van der Waals surface area (Å²) < 4.78 is 7.24. The molecule has 1 aliphatic heterocycles. The highest BCUT2D eigenvalue weighted by Crippen LogP contribution is 2.26. The van der Waals surface area contributed by atoms with Gasteiger partial charge < -0.3 is 14.7 Å². The molecule has 0 radical (unpaired) electrons. The van der Waals surface area contributed by atoms with Crippen LogP contribution in [0.1, 0.15) is 30.8 Å². The van der Waals surface area contributed by atoms with E-state index in [1.54, 1.807) is 40.3 Å². The molecule has 0 aliphatic carbocycles. The normalized spacial score (nSPS) is 20.6. The molecule has 3 heterocycles. The fourth-order valence-corrected chi connectivity index (χ4v) is 2.83. The van der Waals surface area contributed by atoms with Gasteiger partial charge in [-0.25, -0.2) is 9.67 Å². The molecule has 128 valence electrons. The number of hydrogen-bond acceptors (Lipinski definition) is 6. The zero-order valence-electron chi connectivity index (χ0n) is 13.8. The maximum Gasteiger partial charge on any atom is 0.276 e. The Labute approximate surface area is 140 Å². The number of pyridine rings is 1.